The third-order valence-electron chi connectivity index (χ3n) is 5.30. The van der Waals surface area contributed by atoms with Gasteiger partial charge in [0.15, 0.2) is 18.1 Å². The smallest absolute Gasteiger partial charge is 0.373 e. The fourth-order valence-corrected chi connectivity index (χ4v) is 3.77. The Morgan fingerprint density at radius 3 is 2.58 bits per heavy atom. The van der Waals surface area contributed by atoms with E-state index in [2.05, 4.69) is 15.4 Å². The van der Waals surface area contributed by atoms with Gasteiger partial charge in [0.05, 0.1) is 20.8 Å². The SMILES string of the molecule is COC(=O)c1ccc(CN2C(=O)N/C(=C/c3cc(Cl)cc(OC)c3OCC(=O)Nc3ccccc3)C2=O)o1. The minimum atomic E-state index is -0.698. The van der Waals surface area contributed by atoms with Gasteiger partial charge in [-0.2, -0.15) is 0 Å². The second kappa shape index (κ2) is 11.5. The lowest BCUT2D eigenvalue weighted by Crippen LogP contribution is -2.30. The number of rotatable bonds is 9. The molecule has 38 heavy (non-hydrogen) atoms. The minimum absolute atomic E-state index is 0.0607. The number of halogens is 1. The molecule has 1 saturated heterocycles. The summed E-state index contributed by atoms with van der Waals surface area (Å²) in [6, 6.07) is 14.0. The number of methoxy groups -OCH3 is 2. The van der Waals surface area contributed by atoms with E-state index in [9.17, 15) is 19.2 Å². The molecule has 4 rings (SSSR count). The van der Waals surface area contributed by atoms with E-state index in [1.54, 1.807) is 24.3 Å². The summed E-state index contributed by atoms with van der Waals surface area (Å²) >= 11 is 6.22. The van der Waals surface area contributed by atoms with Crippen molar-refractivity contribution in [3.8, 4) is 11.5 Å². The average Bonchev–Trinajstić information content (AvgIpc) is 3.48. The summed E-state index contributed by atoms with van der Waals surface area (Å²) in [5.74, 6) is -1.26. The molecule has 2 heterocycles. The first-order chi connectivity index (χ1) is 18.3. The Hall–Kier alpha value is -4.77. The fraction of sp³-hybridized carbons (Fsp3) is 0.154. The quantitative estimate of drug-likeness (QED) is 0.238. The monoisotopic (exact) mass is 539 g/mol. The lowest BCUT2D eigenvalue weighted by atomic mass is 10.1. The third-order valence-corrected chi connectivity index (χ3v) is 5.52. The summed E-state index contributed by atoms with van der Waals surface area (Å²) in [6.07, 6.45) is 1.36. The second-order valence-electron chi connectivity index (χ2n) is 7.87. The van der Waals surface area contributed by atoms with Crippen LogP contribution >= 0.6 is 11.6 Å². The molecular weight excluding hydrogens is 518 g/mol. The Labute approximate surface area is 221 Å². The van der Waals surface area contributed by atoms with Gasteiger partial charge >= 0.3 is 12.0 Å². The number of ether oxygens (including phenoxy) is 3. The highest BCUT2D eigenvalue weighted by Crippen LogP contribution is 2.36. The molecular formula is C26H22ClN3O8. The highest BCUT2D eigenvalue weighted by Gasteiger charge is 2.35. The standard InChI is InChI=1S/C26H22ClN3O8/c1-35-21-12-16(27)10-15(23(21)37-14-22(31)28-17-6-4-3-5-7-17)11-19-24(32)30(26(34)29-19)13-18-8-9-20(38-18)25(33)36-2/h3-12H,13-14H2,1-2H3,(H,28,31)(H,29,34)/b19-11+. The van der Waals surface area contributed by atoms with Gasteiger partial charge < -0.3 is 29.3 Å². The zero-order valence-electron chi connectivity index (χ0n) is 20.3. The number of nitrogens with one attached hydrogen (secondary N) is 2. The van der Waals surface area contributed by atoms with Crippen LogP contribution in [0.4, 0.5) is 10.5 Å². The van der Waals surface area contributed by atoms with Gasteiger partial charge in [0, 0.05) is 22.3 Å². The highest BCUT2D eigenvalue weighted by atomic mass is 35.5. The van der Waals surface area contributed by atoms with Gasteiger partial charge in [0.25, 0.3) is 11.8 Å². The Morgan fingerprint density at radius 1 is 1.11 bits per heavy atom. The molecule has 1 aliphatic heterocycles. The van der Waals surface area contributed by atoms with Crippen molar-refractivity contribution in [1.82, 2.24) is 10.2 Å². The molecule has 0 radical (unpaired) electrons. The molecule has 4 amide bonds. The Kier molecular flexibility index (Phi) is 7.97. The highest BCUT2D eigenvalue weighted by molar-refractivity contribution is 6.31. The van der Waals surface area contributed by atoms with E-state index in [4.69, 9.17) is 25.5 Å². The molecule has 1 fully saturated rings. The number of amides is 4. The van der Waals surface area contributed by atoms with E-state index < -0.39 is 23.8 Å². The van der Waals surface area contributed by atoms with Crippen molar-refractivity contribution in [1.29, 1.82) is 0 Å². The molecule has 0 atom stereocenters. The average molecular weight is 540 g/mol. The largest absolute Gasteiger partial charge is 0.493 e. The number of nitrogens with zero attached hydrogens (tertiary/aromatic N) is 1. The van der Waals surface area contributed by atoms with E-state index in [1.165, 1.54) is 44.6 Å². The van der Waals surface area contributed by atoms with E-state index in [-0.39, 0.29) is 46.9 Å². The number of hydrogen-bond donors (Lipinski definition) is 2. The van der Waals surface area contributed by atoms with Crippen molar-refractivity contribution in [3.05, 3.63) is 82.4 Å². The summed E-state index contributed by atoms with van der Waals surface area (Å²) in [6.45, 7) is -0.586. The van der Waals surface area contributed by atoms with Gasteiger partial charge in [-0.05, 0) is 36.4 Å². The van der Waals surface area contributed by atoms with Crippen LogP contribution in [0.25, 0.3) is 6.08 Å². The third kappa shape index (κ3) is 5.95. The topological polar surface area (TPSA) is 136 Å². The van der Waals surface area contributed by atoms with Crippen LogP contribution in [0.15, 0.2) is 64.7 Å². The molecule has 196 valence electrons. The Balaban J connectivity index is 1.54. The van der Waals surface area contributed by atoms with Crippen molar-refractivity contribution in [2.75, 3.05) is 26.1 Å². The van der Waals surface area contributed by atoms with Gasteiger partial charge in [0.2, 0.25) is 5.76 Å². The van der Waals surface area contributed by atoms with Crippen molar-refractivity contribution in [2.45, 2.75) is 6.54 Å². The maximum absolute atomic E-state index is 13.0. The number of hydrogen-bond acceptors (Lipinski definition) is 8. The molecule has 0 saturated carbocycles. The maximum Gasteiger partial charge on any atom is 0.373 e. The normalized spacial score (nSPS) is 13.9. The lowest BCUT2D eigenvalue weighted by Gasteiger charge is -2.14. The van der Waals surface area contributed by atoms with Crippen molar-refractivity contribution >= 4 is 47.2 Å². The summed E-state index contributed by atoms with van der Waals surface area (Å²) < 4.78 is 21.0. The molecule has 3 aromatic rings. The van der Waals surface area contributed by atoms with Gasteiger partial charge in [-0.15, -0.1) is 0 Å². The zero-order valence-corrected chi connectivity index (χ0v) is 21.0. The molecule has 0 bridgehead atoms. The first-order valence-electron chi connectivity index (χ1n) is 11.2. The van der Waals surface area contributed by atoms with E-state index in [0.717, 1.165) is 4.90 Å². The van der Waals surface area contributed by atoms with Crippen LogP contribution in [0.5, 0.6) is 11.5 Å². The predicted octanol–water partition coefficient (Wildman–Crippen LogP) is 3.84. The number of carbonyl (C=O) groups is 4. The van der Waals surface area contributed by atoms with Crippen LogP contribution in [-0.2, 0) is 20.9 Å². The van der Waals surface area contributed by atoms with E-state index in [0.29, 0.717) is 11.3 Å². The van der Waals surface area contributed by atoms with Crippen molar-refractivity contribution in [3.63, 3.8) is 0 Å². The van der Waals surface area contributed by atoms with Crippen LogP contribution in [-0.4, -0.2) is 49.5 Å². The molecule has 2 N–H and O–H groups in total. The fourth-order valence-electron chi connectivity index (χ4n) is 3.56. The van der Waals surface area contributed by atoms with Crippen LogP contribution in [0.3, 0.4) is 0 Å². The van der Waals surface area contributed by atoms with Gasteiger partial charge in [-0.25, -0.2) is 9.59 Å². The number of benzene rings is 2. The number of esters is 1. The van der Waals surface area contributed by atoms with Crippen molar-refractivity contribution in [2.24, 2.45) is 0 Å². The molecule has 0 spiro atoms. The summed E-state index contributed by atoms with van der Waals surface area (Å²) in [5.41, 5.74) is 0.817. The molecule has 0 unspecified atom stereocenters. The van der Waals surface area contributed by atoms with E-state index in [1.807, 2.05) is 6.07 Å². The Bertz CT molecular complexity index is 1420. The first-order valence-corrected chi connectivity index (χ1v) is 11.5. The second-order valence-corrected chi connectivity index (χ2v) is 8.30. The molecule has 12 heteroatoms. The minimum Gasteiger partial charge on any atom is -0.493 e. The summed E-state index contributed by atoms with van der Waals surface area (Å²) in [4.78, 5) is 50.5. The van der Waals surface area contributed by atoms with Gasteiger partial charge in [-0.1, -0.05) is 29.8 Å². The molecule has 1 aliphatic rings. The predicted molar refractivity (Wildman–Crippen MR) is 136 cm³/mol. The van der Waals surface area contributed by atoms with Gasteiger partial charge in [0.1, 0.15) is 11.5 Å². The lowest BCUT2D eigenvalue weighted by molar-refractivity contribution is -0.123. The first kappa shape index (κ1) is 26.3. The number of carbonyl (C=O) groups excluding carboxylic acids is 4. The number of imide groups is 1. The molecule has 0 aliphatic carbocycles. The molecule has 11 nitrogen and oxygen atoms in total. The maximum atomic E-state index is 13.0. The number of para-hydroxylation sites is 1. The van der Waals surface area contributed by atoms with E-state index >= 15 is 0 Å². The van der Waals surface area contributed by atoms with Gasteiger partial charge in [-0.3, -0.25) is 14.5 Å². The number of anilines is 1. The van der Waals surface area contributed by atoms with Crippen LogP contribution < -0.4 is 20.1 Å². The number of furan rings is 1. The van der Waals surface area contributed by atoms with Crippen LogP contribution in [0, 0.1) is 0 Å². The van der Waals surface area contributed by atoms with Crippen molar-refractivity contribution < 1.29 is 37.8 Å². The number of urea groups is 1. The summed E-state index contributed by atoms with van der Waals surface area (Å²) in [5, 5.41) is 5.47. The van der Waals surface area contributed by atoms with Crippen LogP contribution in [0.2, 0.25) is 5.02 Å². The zero-order chi connectivity index (χ0) is 27.2. The molecule has 2 aromatic carbocycles. The van der Waals surface area contributed by atoms with Crippen LogP contribution in [0.1, 0.15) is 21.9 Å². The Morgan fingerprint density at radius 2 is 1.87 bits per heavy atom. The summed E-state index contributed by atoms with van der Waals surface area (Å²) in [7, 11) is 2.60. The molecule has 1 aromatic heterocycles.